The van der Waals surface area contributed by atoms with E-state index >= 15 is 0 Å². The number of thioether (sulfide) groups is 1. The number of aliphatic imine (C=N–C) groups is 1. The van der Waals surface area contributed by atoms with Gasteiger partial charge in [-0.25, -0.2) is 4.39 Å². The van der Waals surface area contributed by atoms with Gasteiger partial charge in [0.25, 0.3) is 0 Å². The molecular formula is C10H17FN2O3S. The van der Waals surface area contributed by atoms with E-state index in [-0.39, 0.29) is 0 Å². The minimum absolute atomic E-state index is 0.446. The molecule has 0 bridgehead atoms. The number of aliphatic hydroxyl groups is 2. The highest BCUT2D eigenvalue weighted by Crippen LogP contribution is 2.36. The standard InChI is InChI=1S/C10H17FN2O3S/c1-3-12-10-13-6-5(11)7(15)8(4(2)14)16-9(6)17-10/h4-9,14-15H,3H2,1-2H3,(H,12,13)/t4?,5-,6-,7+,8-,9-/m1/s1. The minimum atomic E-state index is -1.47. The highest BCUT2D eigenvalue weighted by Gasteiger charge is 2.51. The van der Waals surface area contributed by atoms with Crippen molar-refractivity contribution >= 4 is 16.9 Å². The summed E-state index contributed by atoms with van der Waals surface area (Å²) in [6, 6.07) is -0.602. The minimum Gasteiger partial charge on any atom is -0.391 e. The second-order valence-corrected chi connectivity index (χ2v) is 5.30. The predicted molar refractivity (Wildman–Crippen MR) is 63.7 cm³/mol. The molecule has 2 rings (SSSR count). The molecule has 0 saturated carbocycles. The average molecular weight is 264 g/mol. The van der Waals surface area contributed by atoms with Gasteiger partial charge in [-0.05, 0) is 13.8 Å². The molecule has 0 aliphatic carbocycles. The molecule has 1 unspecified atom stereocenters. The summed E-state index contributed by atoms with van der Waals surface area (Å²) in [7, 11) is 0. The first-order valence-electron chi connectivity index (χ1n) is 5.68. The van der Waals surface area contributed by atoms with Crippen LogP contribution in [0.5, 0.6) is 0 Å². The van der Waals surface area contributed by atoms with Crippen LogP contribution in [0.25, 0.3) is 0 Å². The van der Waals surface area contributed by atoms with Crippen molar-refractivity contribution < 1.29 is 19.3 Å². The number of nitrogens with one attached hydrogen (secondary N) is 1. The van der Waals surface area contributed by atoms with Crippen LogP contribution in [0.1, 0.15) is 13.8 Å². The summed E-state index contributed by atoms with van der Waals surface area (Å²) in [4.78, 5) is 4.15. The van der Waals surface area contributed by atoms with Gasteiger partial charge in [0.15, 0.2) is 11.3 Å². The molecule has 6 atom stereocenters. The number of hydrogen-bond acceptors (Lipinski definition) is 5. The first-order valence-corrected chi connectivity index (χ1v) is 6.56. The lowest BCUT2D eigenvalue weighted by atomic mass is 9.96. The van der Waals surface area contributed by atoms with Gasteiger partial charge in [0, 0.05) is 6.54 Å². The molecule has 0 aromatic heterocycles. The smallest absolute Gasteiger partial charge is 0.159 e. The summed E-state index contributed by atoms with van der Waals surface area (Å²) < 4.78 is 19.5. The highest BCUT2D eigenvalue weighted by atomic mass is 32.2. The predicted octanol–water partition coefficient (Wildman–Crippen LogP) is -0.128. The maximum Gasteiger partial charge on any atom is 0.159 e. The van der Waals surface area contributed by atoms with Crippen molar-refractivity contribution in [3.05, 3.63) is 0 Å². The molecule has 0 spiro atoms. The molecule has 2 fully saturated rings. The molecule has 98 valence electrons. The zero-order valence-electron chi connectivity index (χ0n) is 9.71. The topological polar surface area (TPSA) is 74.1 Å². The lowest BCUT2D eigenvalue weighted by Gasteiger charge is -2.38. The maximum absolute atomic E-state index is 14.0. The summed E-state index contributed by atoms with van der Waals surface area (Å²) in [5.74, 6) is 0. The Morgan fingerprint density at radius 2 is 2.35 bits per heavy atom. The molecular weight excluding hydrogens is 247 g/mol. The third-order valence-corrected chi connectivity index (χ3v) is 3.99. The van der Waals surface area contributed by atoms with Crippen LogP contribution in [0.3, 0.4) is 0 Å². The van der Waals surface area contributed by atoms with E-state index < -0.39 is 36.0 Å². The Balaban J connectivity index is 2.12. The number of nitrogens with zero attached hydrogens (tertiary/aromatic N) is 1. The fourth-order valence-corrected chi connectivity index (χ4v) is 3.20. The van der Waals surface area contributed by atoms with E-state index in [1.54, 1.807) is 0 Å². The normalized spacial score (nSPS) is 45.5. The quantitative estimate of drug-likeness (QED) is 0.648. The Kier molecular flexibility index (Phi) is 3.92. The number of fused-ring (bicyclic) bond motifs is 1. The van der Waals surface area contributed by atoms with Crippen LogP contribution in [-0.4, -0.2) is 57.9 Å². The summed E-state index contributed by atoms with van der Waals surface area (Å²) in [6.45, 7) is 3.97. The van der Waals surface area contributed by atoms with Gasteiger partial charge in [-0.3, -0.25) is 4.99 Å². The molecule has 0 aromatic carbocycles. The fraction of sp³-hybridized carbons (Fsp3) is 0.900. The van der Waals surface area contributed by atoms with Crippen molar-refractivity contribution in [3.8, 4) is 0 Å². The van der Waals surface area contributed by atoms with Crippen LogP contribution in [0.15, 0.2) is 4.99 Å². The Labute approximate surface area is 103 Å². The van der Waals surface area contributed by atoms with Gasteiger partial charge in [-0.2, -0.15) is 0 Å². The molecule has 2 saturated heterocycles. The number of halogens is 1. The Morgan fingerprint density at radius 1 is 1.65 bits per heavy atom. The molecule has 2 heterocycles. The monoisotopic (exact) mass is 264 g/mol. The zero-order valence-corrected chi connectivity index (χ0v) is 10.5. The Hall–Kier alpha value is -0.370. The SMILES string of the molecule is CCN=C1N[C@@H]2[C@@H](F)[C@H](O)[C@@H](C(C)O)O[C@@H]2S1. The number of hydrogen-bond donors (Lipinski definition) is 3. The molecule has 0 aromatic rings. The van der Waals surface area contributed by atoms with Crippen molar-refractivity contribution in [2.24, 2.45) is 4.99 Å². The Bertz CT molecular complexity index is 316. The summed E-state index contributed by atoms with van der Waals surface area (Å²) in [5.41, 5.74) is -0.446. The zero-order chi connectivity index (χ0) is 12.6. The lowest BCUT2D eigenvalue weighted by Crippen LogP contribution is -2.59. The summed E-state index contributed by atoms with van der Waals surface area (Å²) in [6.07, 6.45) is -4.57. The number of rotatable bonds is 2. The van der Waals surface area contributed by atoms with E-state index in [0.717, 1.165) is 0 Å². The second-order valence-electron chi connectivity index (χ2n) is 4.21. The van der Waals surface area contributed by atoms with Crippen molar-refractivity contribution in [1.29, 1.82) is 0 Å². The van der Waals surface area contributed by atoms with E-state index in [9.17, 15) is 14.6 Å². The van der Waals surface area contributed by atoms with E-state index in [0.29, 0.717) is 11.7 Å². The largest absolute Gasteiger partial charge is 0.391 e. The van der Waals surface area contributed by atoms with E-state index in [2.05, 4.69) is 10.3 Å². The van der Waals surface area contributed by atoms with Gasteiger partial charge in [0.1, 0.15) is 17.6 Å². The molecule has 2 aliphatic heterocycles. The first kappa shape index (κ1) is 13.1. The van der Waals surface area contributed by atoms with Crippen molar-refractivity contribution in [2.45, 2.75) is 49.8 Å². The number of aliphatic hydroxyl groups excluding tert-OH is 2. The van der Waals surface area contributed by atoms with E-state index in [1.807, 2.05) is 6.92 Å². The van der Waals surface area contributed by atoms with Crippen LogP contribution in [0, 0.1) is 0 Å². The van der Waals surface area contributed by atoms with Crippen LogP contribution < -0.4 is 5.32 Å². The fourth-order valence-electron chi connectivity index (χ4n) is 2.02. The van der Waals surface area contributed by atoms with Gasteiger partial charge in [-0.1, -0.05) is 11.8 Å². The van der Waals surface area contributed by atoms with E-state index in [1.165, 1.54) is 18.7 Å². The van der Waals surface area contributed by atoms with E-state index in [4.69, 9.17) is 4.74 Å². The first-order chi connectivity index (χ1) is 8.04. The molecule has 0 amide bonds. The number of ether oxygens (including phenoxy) is 1. The van der Waals surface area contributed by atoms with Gasteiger partial charge < -0.3 is 20.3 Å². The lowest BCUT2D eigenvalue weighted by molar-refractivity contribution is -0.167. The third kappa shape index (κ3) is 2.42. The second kappa shape index (κ2) is 5.09. The molecule has 3 N–H and O–H groups in total. The third-order valence-electron chi connectivity index (χ3n) is 2.89. The van der Waals surface area contributed by atoms with Gasteiger partial charge >= 0.3 is 0 Å². The average Bonchev–Trinajstić information content (AvgIpc) is 2.66. The van der Waals surface area contributed by atoms with Crippen molar-refractivity contribution in [2.75, 3.05) is 6.54 Å². The number of alkyl halides is 1. The van der Waals surface area contributed by atoms with Crippen LogP contribution >= 0.6 is 11.8 Å². The molecule has 7 heteroatoms. The molecule has 5 nitrogen and oxygen atoms in total. The molecule has 17 heavy (non-hydrogen) atoms. The van der Waals surface area contributed by atoms with Crippen LogP contribution in [0.2, 0.25) is 0 Å². The highest BCUT2D eigenvalue weighted by molar-refractivity contribution is 8.14. The van der Waals surface area contributed by atoms with Gasteiger partial charge in [-0.15, -0.1) is 0 Å². The van der Waals surface area contributed by atoms with Gasteiger partial charge in [0.2, 0.25) is 0 Å². The number of amidine groups is 1. The van der Waals surface area contributed by atoms with Crippen molar-refractivity contribution in [3.63, 3.8) is 0 Å². The molecule has 0 radical (unpaired) electrons. The summed E-state index contributed by atoms with van der Waals surface area (Å²) >= 11 is 1.30. The van der Waals surface area contributed by atoms with Crippen LogP contribution in [0.4, 0.5) is 4.39 Å². The Morgan fingerprint density at radius 3 is 2.94 bits per heavy atom. The van der Waals surface area contributed by atoms with Crippen LogP contribution in [-0.2, 0) is 4.74 Å². The van der Waals surface area contributed by atoms with Gasteiger partial charge in [0.05, 0.1) is 12.1 Å². The van der Waals surface area contributed by atoms with Crippen molar-refractivity contribution in [1.82, 2.24) is 5.32 Å². The molecule has 2 aliphatic rings. The summed E-state index contributed by atoms with van der Waals surface area (Å²) in [5, 5.41) is 22.7. The maximum atomic E-state index is 14.0.